The van der Waals surface area contributed by atoms with E-state index in [1.165, 1.54) is 0 Å². The van der Waals surface area contributed by atoms with Gasteiger partial charge in [0.25, 0.3) is 5.91 Å². The molecule has 1 unspecified atom stereocenters. The lowest BCUT2D eigenvalue weighted by molar-refractivity contribution is -0.148. The number of ether oxygens (including phenoxy) is 1. The zero-order valence-electron chi connectivity index (χ0n) is 12.6. The molecule has 2 N–H and O–H groups in total. The van der Waals surface area contributed by atoms with Gasteiger partial charge in [-0.3, -0.25) is 4.79 Å². The summed E-state index contributed by atoms with van der Waals surface area (Å²) in [4.78, 5) is 23.8. The molecule has 0 bridgehead atoms. The Morgan fingerprint density at radius 1 is 1.33 bits per heavy atom. The normalized spacial score (nSPS) is 19.5. The molecular weight excluding hydrogens is 270 g/mol. The number of nitrogens with one attached hydrogen (secondary N) is 1. The first-order valence-corrected chi connectivity index (χ1v) is 7.03. The van der Waals surface area contributed by atoms with E-state index in [1.807, 2.05) is 24.3 Å². The van der Waals surface area contributed by atoms with Crippen LogP contribution in [0.2, 0.25) is 0 Å². The van der Waals surface area contributed by atoms with Gasteiger partial charge in [0.2, 0.25) is 0 Å². The van der Waals surface area contributed by atoms with Crippen molar-refractivity contribution in [2.24, 2.45) is 5.41 Å². The molecule has 0 spiro atoms. The maximum absolute atomic E-state index is 12.4. The quantitative estimate of drug-likeness (QED) is 0.892. The van der Waals surface area contributed by atoms with Crippen molar-refractivity contribution in [2.75, 3.05) is 6.61 Å². The fourth-order valence-corrected chi connectivity index (χ4v) is 2.48. The van der Waals surface area contributed by atoms with Crippen molar-refractivity contribution in [3.63, 3.8) is 0 Å². The van der Waals surface area contributed by atoms with Crippen molar-refractivity contribution in [3.8, 4) is 0 Å². The Labute approximate surface area is 124 Å². The number of carbonyl (C=O) groups excluding carboxylic acids is 1. The molecule has 21 heavy (non-hydrogen) atoms. The first-order chi connectivity index (χ1) is 9.80. The Kier molecular flexibility index (Phi) is 4.32. The lowest BCUT2D eigenvalue weighted by atomic mass is 9.86. The van der Waals surface area contributed by atoms with Crippen molar-refractivity contribution in [1.82, 2.24) is 5.32 Å². The number of benzene rings is 1. The summed E-state index contributed by atoms with van der Waals surface area (Å²) in [6.45, 7) is 5.80. The molecule has 1 heterocycles. The molecule has 0 radical (unpaired) electrons. The summed E-state index contributed by atoms with van der Waals surface area (Å²) < 4.78 is 5.55. The second kappa shape index (κ2) is 5.85. The second-order valence-electron chi connectivity index (χ2n) is 6.35. The largest absolute Gasteiger partial charge is 0.480 e. The maximum atomic E-state index is 12.4. The Bertz CT molecular complexity index is 547. The van der Waals surface area contributed by atoms with E-state index in [0.29, 0.717) is 6.61 Å². The highest BCUT2D eigenvalue weighted by Crippen LogP contribution is 2.28. The second-order valence-corrected chi connectivity index (χ2v) is 6.35. The predicted molar refractivity (Wildman–Crippen MR) is 77.9 cm³/mol. The van der Waals surface area contributed by atoms with Crippen molar-refractivity contribution in [1.29, 1.82) is 0 Å². The number of amides is 1. The van der Waals surface area contributed by atoms with Gasteiger partial charge in [-0.25, -0.2) is 4.79 Å². The molecule has 5 heteroatoms. The highest BCUT2D eigenvalue weighted by atomic mass is 16.5. The number of hydrogen-bond donors (Lipinski definition) is 2. The summed E-state index contributed by atoms with van der Waals surface area (Å²) >= 11 is 0. The van der Waals surface area contributed by atoms with Crippen LogP contribution in [0.1, 0.15) is 38.0 Å². The van der Waals surface area contributed by atoms with Crippen LogP contribution in [-0.4, -0.2) is 29.6 Å². The first-order valence-electron chi connectivity index (χ1n) is 7.03. The van der Waals surface area contributed by atoms with E-state index in [4.69, 9.17) is 4.74 Å². The molecule has 0 aliphatic carbocycles. The monoisotopic (exact) mass is 291 g/mol. The van der Waals surface area contributed by atoms with Gasteiger partial charge >= 0.3 is 5.97 Å². The molecule has 1 aromatic rings. The smallest absolute Gasteiger partial charge is 0.326 e. The fraction of sp³-hybridized carbons (Fsp3) is 0.500. The molecule has 2 atom stereocenters. The first kappa shape index (κ1) is 15.5. The molecule has 1 aliphatic heterocycles. The minimum absolute atomic E-state index is 0.399. The van der Waals surface area contributed by atoms with E-state index in [9.17, 15) is 14.7 Å². The van der Waals surface area contributed by atoms with Crippen molar-refractivity contribution in [2.45, 2.75) is 39.3 Å². The van der Waals surface area contributed by atoms with Crippen LogP contribution in [0.4, 0.5) is 0 Å². The minimum Gasteiger partial charge on any atom is -0.480 e. The van der Waals surface area contributed by atoms with Crippen molar-refractivity contribution >= 4 is 11.9 Å². The molecule has 5 nitrogen and oxygen atoms in total. The average Bonchev–Trinajstić information content (AvgIpc) is 2.42. The zero-order chi connectivity index (χ0) is 15.6. The number of carboxylic acid groups (broad SMARTS) is 1. The van der Waals surface area contributed by atoms with Gasteiger partial charge in [-0.1, -0.05) is 45.0 Å². The molecule has 0 saturated heterocycles. The van der Waals surface area contributed by atoms with E-state index < -0.39 is 29.4 Å². The number of carbonyl (C=O) groups is 2. The summed E-state index contributed by atoms with van der Waals surface area (Å²) in [5.74, 6) is -1.44. The minimum atomic E-state index is -1.04. The van der Waals surface area contributed by atoms with Crippen LogP contribution < -0.4 is 5.32 Å². The number of hydrogen-bond acceptors (Lipinski definition) is 3. The van der Waals surface area contributed by atoms with Crippen LogP contribution >= 0.6 is 0 Å². The SMILES string of the molecule is CC(C)(C)[C@@H](NC(=O)C1OCCc2ccccc21)C(=O)O. The third kappa shape index (κ3) is 3.42. The van der Waals surface area contributed by atoms with Crippen LogP contribution in [0.3, 0.4) is 0 Å². The van der Waals surface area contributed by atoms with Gasteiger partial charge in [0.05, 0.1) is 6.61 Å². The highest BCUT2D eigenvalue weighted by molar-refractivity contribution is 5.88. The molecular formula is C16H21NO4. The van der Waals surface area contributed by atoms with Gasteiger partial charge in [0, 0.05) is 0 Å². The summed E-state index contributed by atoms with van der Waals surface area (Å²) in [7, 11) is 0. The van der Waals surface area contributed by atoms with Crippen molar-refractivity contribution in [3.05, 3.63) is 35.4 Å². The fourth-order valence-electron chi connectivity index (χ4n) is 2.48. The Hall–Kier alpha value is -1.88. The molecule has 1 aromatic carbocycles. The Balaban J connectivity index is 2.20. The topological polar surface area (TPSA) is 75.6 Å². The lowest BCUT2D eigenvalue weighted by Gasteiger charge is -2.31. The van der Waals surface area contributed by atoms with Gasteiger partial charge in [-0.2, -0.15) is 0 Å². The lowest BCUT2D eigenvalue weighted by Crippen LogP contribution is -2.51. The van der Waals surface area contributed by atoms with Gasteiger partial charge in [0.1, 0.15) is 6.04 Å². The molecule has 0 fully saturated rings. The van der Waals surface area contributed by atoms with Crippen LogP contribution in [0, 0.1) is 5.41 Å². The summed E-state index contributed by atoms with van der Waals surface area (Å²) in [6, 6.07) is 6.64. The van der Waals surface area contributed by atoms with E-state index in [0.717, 1.165) is 17.5 Å². The standard InChI is InChI=1S/C16H21NO4/c1-16(2,3)13(15(19)20)17-14(18)12-11-7-5-4-6-10(11)8-9-21-12/h4-7,12-13H,8-9H2,1-3H3,(H,17,18)(H,19,20)/t12?,13-/m0/s1. The van der Waals surface area contributed by atoms with Crippen LogP contribution in [0.25, 0.3) is 0 Å². The van der Waals surface area contributed by atoms with Crippen LogP contribution in [0.5, 0.6) is 0 Å². The predicted octanol–water partition coefficient (Wildman–Crippen LogP) is 1.92. The number of fused-ring (bicyclic) bond motifs is 1. The van der Waals surface area contributed by atoms with Crippen LogP contribution in [0.15, 0.2) is 24.3 Å². The molecule has 114 valence electrons. The third-order valence-corrected chi connectivity index (χ3v) is 3.63. The molecule has 2 rings (SSSR count). The molecule has 0 saturated carbocycles. The van der Waals surface area contributed by atoms with Gasteiger partial charge in [0.15, 0.2) is 6.10 Å². The number of aliphatic carboxylic acids is 1. The van der Waals surface area contributed by atoms with Gasteiger partial charge < -0.3 is 15.2 Å². The van der Waals surface area contributed by atoms with Crippen LogP contribution in [-0.2, 0) is 20.7 Å². The molecule has 0 aromatic heterocycles. The van der Waals surface area contributed by atoms with E-state index in [1.54, 1.807) is 20.8 Å². The molecule has 1 amide bonds. The average molecular weight is 291 g/mol. The van der Waals surface area contributed by atoms with E-state index in [-0.39, 0.29) is 0 Å². The van der Waals surface area contributed by atoms with Gasteiger partial charge in [-0.15, -0.1) is 0 Å². The Morgan fingerprint density at radius 3 is 2.62 bits per heavy atom. The van der Waals surface area contributed by atoms with E-state index in [2.05, 4.69) is 5.32 Å². The number of carboxylic acids is 1. The highest BCUT2D eigenvalue weighted by Gasteiger charge is 2.36. The summed E-state index contributed by atoms with van der Waals surface area (Å²) in [6.07, 6.45) is 0.0286. The zero-order valence-corrected chi connectivity index (χ0v) is 12.6. The summed E-state index contributed by atoms with van der Waals surface area (Å²) in [5.41, 5.74) is 1.32. The maximum Gasteiger partial charge on any atom is 0.326 e. The van der Waals surface area contributed by atoms with Gasteiger partial charge in [-0.05, 0) is 23.0 Å². The molecule has 1 aliphatic rings. The van der Waals surface area contributed by atoms with Crippen molar-refractivity contribution < 1.29 is 19.4 Å². The van der Waals surface area contributed by atoms with E-state index >= 15 is 0 Å². The summed E-state index contributed by atoms with van der Waals surface area (Å²) in [5, 5.41) is 11.9. The third-order valence-electron chi connectivity index (χ3n) is 3.63. The Morgan fingerprint density at radius 2 is 2.00 bits per heavy atom. The number of rotatable bonds is 3.